The Labute approximate surface area is 286 Å². The van der Waals surface area contributed by atoms with Crippen LogP contribution in [0.5, 0.6) is 11.5 Å². The summed E-state index contributed by atoms with van der Waals surface area (Å²) in [4.78, 5) is 2.49. The minimum absolute atomic E-state index is 0. The van der Waals surface area contributed by atoms with Crippen LogP contribution in [0.25, 0.3) is 0 Å². The summed E-state index contributed by atoms with van der Waals surface area (Å²) in [5, 5.41) is 4.80. The fourth-order valence-electron chi connectivity index (χ4n) is 5.93. The summed E-state index contributed by atoms with van der Waals surface area (Å²) >= 11 is -1.08. The van der Waals surface area contributed by atoms with Gasteiger partial charge in [0.25, 0.3) is 0 Å². The third-order valence-corrected chi connectivity index (χ3v) is 15.8. The molecule has 0 aliphatic rings. The van der Waals surface area contributed by atoms with Crippen LogP contribution in [0.2, 0.25) is 21.1 Å². The van der Waals surface area contributed by atoms with Crippen molar-refractivity contribution in [2.45, 2.75) is 153 Å². The number of hydrogen-bond donors (Lipinski definition) is 0. The molecule has 0 radical (unpaired) electrons. The summed E-state index contributed by atoms with van der Waals surface area (Å²) in [6.45, 7) is 37.2. The summed E-state index contributed by atoms with van der Waals surface area (Å²) < 4.78 is 14.6. The standard InChI is InChI=1S/C22H30O2S.4C4H9.2Al.H2O/c1-13-9-15(21(3,4)5)19(23)17(11-13)25-18-12-14(2)10-16(20(18)24)22(6,7)8;4*1-4(2)3;;;/h9-12,23-24H,1-8H3;4*4H,1H2,2-3H3;;;1H2/q;;;;;2*+1;/p-2. The van der Waals surface area contributed by atoms with Gasteiger partial charge in [0.05, 0.1) is 21.3 Å². The van der Waals surface area contributed by atoms with Crippen molar-refractivity contribution >= 4 is 40.7 Å². The molecular weight excluding hydrogens is 590 g/mol. The molecule has 0 aliphatic carbocycles. The van der Waals surface area contributed by atoms with Crippen LogP contribution in [0.1, 0.15) is 119 Å². The van der Waals surface area contributed by atoms with E-state index in [0.717, 1.165) is 11.5 Å². The molecule has 0 bridgehead atoms. The minimum Gasteiger partial charge on any atom is -0.642 e. The van der Waals surface area contributed by atoms with Gasteiger partial charge in [-0.2, -0.15) is 0 Å². The van der Waals surface area contributed by atoms with Crippen molar-refractivity contribution in [1.82, 2.24) is 0 Å². The third kappa shape index (κ3) is 13.3. The SMILES string of the molecule is Cc1cc(Sc2cc(C)cc(C(C)(C)C)c2[O][Al]([CH2]C(C)C)[CH2]C(C)C)c([O][Al]([CH2]C(C)C)[CH2]C(C)C)c(C(C)(C)C)c1.O. The van der Waals surface area contributed by atoms with Crippen molar-refractivity contribution in [3.63, 3.8) is 0 Å². The predicted octanol–water partition coefficient (Wildman–Crippen LogP) is 11.6. The lowest BCUT2D eigenvalue weighted by molar-refractivity contribution is 0.482. The molecular formula is C38H66Al2O3S. The Hall–Kier alpha value is -0.585. The van der Waals surface area contributed by atoms with Gasteiger partial charge < -0.3 is 13.1 Å². The fraction of sp³-hybridized carbons (Fsp3) is 0.684. The summed E-state index contributed by atoms with van der Waals surface area (Å²) in [5.74, 6) is 4.83. The number of hydrogen-bond acceptors (Lipinski definition) is 3. The molecule has 44 heavy (non-hydrogen) atoms. The van der Waals surface area contributed by atoms with Gasteiger partial charge in [-0.3, -0.25) is 0 Å². The molecule has 2 aromatic carbocycles. The van der Waals surface area contributed by atoms with E-state index in [4.69, 9.17) is 7.58 Å². The molecule has 0 saturated heterocycles. The van der Waals surface area contributed by atoms with Gasteiger partial charge in [-0.15, -0.1) is 0 Å². The summed E-state index contributed by atoms with van der Waals surface area (Å²) in [6.07, 6.45) is 0. The average Bonchev–Trinajstić information content (AvgIpc) is 2.78. The second-order valence-electron chi connectivity index (χ2n) is 16.9. The van der Waals surface area contributed by atoms with Gasteiger partial charge >= 0.3 is 29.0 Å². The van der Waals surface area contributed by atoms with Crippen LogP contribution < -0.4 is 7.58 Å². The van der Waals surface area contributed by atoms with E-state index >= 15 is 0 Å². The maximum atomic E-state index is 7.29. The molecule has 0 spiro atoms. The smallest absolute Gasteiger partial charge is 0.547 e. The highest BCUT2D eigenvalue weighted by atomic mass is 32.2. The number of benzene rings is 2. The van der Waals surface area contributed by atoms with Crippen LogP contribution in [0, 0.1) is 37.5 Å². The Morgan fingerprint density at radius 3 is 1.05 bits per heavy atom. The Morgan fingerprint density at radius 2 is 0.818 bits per heavy atom. The first-order chi connectivity index (χ1) is 19.7. The van der Waals surface area contributed by atoms with Gasteiger partial charge in [0.2, 0.25) is 0 Å². The van der Waals surface area contributed by atoms with E-state index in [0.29, 0.717) is 23.7 Å². The molecule has 2 N–H and O–H groups in total. The molecule has 2 rings (SSSR count). The lowest BCUT2D eigenvalue weighted by Crippen LogP contribution is -2.28. The van der Waals surface area contributed by atoms with Crippen molar-refractivity contribution in [3.05, 3.63) is 46.5 Å². The van der Waals surface area contributed by atoms with E-state index in [9.17, 15) is 0 Å². The van der Waals surface area contributed by atoms with Crippen LogP contribution in [-0.2, 0) is 10.8 Å². The number of aryl methyl sites for hydroxylation is 2. The Bertz CT molecular complexity index is 1060. The highest BCUT2D eigenvalue weighted by Crippen LogP contribution is 2.48. The van der Waals surface area contributed by atoms with Crippen LogP contribution >= 0.6 is 11.8 Å². The molecule has 2 aromatic rings. The zero-order chi connectivity index (χ0) is 32.9. The molecule has 0 heterocycles. The Balaban J connectivity index is 0.00000968. The Morgan fingerprint density at radius 1 is 0.545 bits per heavy atom. The van der Waals surface area contributed by atoms with Crippen LogP contribution in [0.15, 0.2) is 34.1 Å². The van der Waals surface area contributed by atoms with Crippen molar-refractivity contribution in [2.75, 3.05) is 0 Å². The van der Waals surface area contributed by atoms with E-state index in [1.807, 2.05) is 11.8 Å². The molecule has 0 aromatic heterocycles. The van der Waals surface area contributed by atoms with Crippen molar-refractivity contribution < 1.29 is 13.1 Å². The minimum atomic E-state index is -1.48. The average molecular weight is 657 g/mol. The highest BCUT2D eigenvalue weighted by Gasteiger charge is 2.33. The molecule has 0 unspecified atom stereocenters. The predicted molar refractivity (Wildman–Crippen MR) is 199 cm³/mol. The first-order valence-electron chi connectivity index (χ1n) is 17.0. The van der Waals surface area contributed by atoms with E-state index in [2.05, 4.69) is 135 Å². The van der Waals surface area contributed by atoms with E-state index in [1.54, 1.807) is 0 Å². The van der Waals surface area contributed by atoms with E-state index < -0.39 is 29.0 Å². The maximum Gasteiger partial charge on any atom is 0.547 e. The first-order valence-corrected chi connectivity index (χ1v) is 22.0. The lowest BCUT2D eigenvalue weighted by Gasteiger charge is -2.31. The summed E-state index contributed by atoms with van der Waals surface area (Å²) in [6, 6.07) is 9.48. The van der Waals surface area contributed by atoms with Crippen molar-refractivity contribution in [2.24, 2.45) is 23.7 Å². The molecule has 0 amide bonds. The van der Waals surface area contributed by atoms with Crippen LogP contribution in [-0.4, -0.2) is 34.4 Å². The molecule has 0 atom stereocenters. The van der Waals surface area contributed by atoms with Gasteiger partial charge in [0.1, 0.15) is 0 Å². The number of rotatable bonds is 14. The third-order valence-electron chi connectivity index (χ3n) is 7.74. The summed E-state index contributed by atoms with van der Waals surface area (Å²) in [7, 11) is 0. The van der Waals surface area contributed by atoms with Crippen molar-refractivity contribution in [1.29, 1.82) is 0 Å². The maximum absolute atomic E-state index is 7.29. The van der Waals surface area contributed by atoms with E-state index in [1.165, 1.54) is 53.2 Å². The van der Waals surface area contributed by atoms with Gasteiger partial charge in [0.15, 0.2) is 0 Å². The molecule has 0 saturated carbocycles. The first kappa shape index (κ1) is 41.4. The normalized spacial score (nSPS) is 12.3. The quantitative estimate of drug-likeness (QED) is 0.190. The van der Waals surface area contributed by atoms with Crippen molar-refractivity contribution in [3.8, 4) is 11.5 Å². The van der Waals surface area contributed by atoms with Gasteiger partial charge in [-0.05, 0) is 59.1 Å². The van der Waals surface area contributed by atoms with Crippen LogP contribution in [0.3, 0.4) is 0 Å². The summed E-state index contributed by atoms with van der Waals surface area (Å²) in [5.41, 5.74) is 5.23. The second-order valence-corrected chi connectivity index (χ2v) is 22.8. The molecule has 3 nitrogen and oxygen atoms in total. The zero-order valence-electron chi connectivity index (χ0n) is 31.3. The van der Waals surface area contributed by atoms with Gasteiger partial charge in [-0.1, -0.05) is 166 Å². The van der Waals surface area contributed by atoms with Gasteiger partial charge in [0, 0.05) is 0 Å². The topological polar surface area (TPSA) is 50.0 Å². The Kier molecular flexibility index (Phi) is 16.5. The highest BCUT2D eigenvalue weighted by molar-refractivity contribution is 7.99. The van der Waals surface area contributed by atoms with E-state index in [-0.39, 0.29) is 16.3 Å². The zero-order valence-corrected chi connectivity index (χ0v) is 34.5. The second kappa shape index (κ2) is 17.5. The van der Waals surface area contributed by atoms with Gasteiger partial charge in [-0.25, -0.2) is 0 Å². The molecule has 0 fully saturated rings. The van der Waals surface area contributed by atoms with Crippen LogP contribution in [0.4, 0.5) is 0 Å². The molecule has 0 aliphatic heterocycles. The lowest BCUT2D eigenvalue weighted by atomic mass is 9.85. The fourth-order valence-corrected chi connectivity index (χ4v) is 13.5. The largest absolute Gasteiger partial charge is 0.642 e. The monoisotopic (exact) mass is 656 g/mol. The molecule has 6 heteroatoms. The molecule has 248 valence electrons.